The summed E-state index contributed by atoms with van der Waals surface area (Å²) in [7, 11) is -2.65. The summed E-state index contributed by atoms with van der Waals surface area (Å²) in [6.45, 7) is 7.58. The second-order valence-electron chi connectivity index (χ2n) is 8.60. The predicted molar refractivity (Wildman–Crippen MR) is 170 cm³/mol. The van der Waals surface area contributed by atoms with E-state index in [2.05, 4.69) is 25.5 Å². The number of methoxy groups -OCH3 is 1. The zero-order chi connectivity index (χ0) is 29.6. The normalized spacial score (nSPS) is 11.1. The van der Waals surface area contributed by atoms with E-state index in [-0.39, 0.29) is 16.6 Å². The lowest BCUT2D eigenvalue weighted by molar-refractivity contribution is -0.140. The van der Waals surface area contributed by atoms with Crippen molar-refractivity contribution in [2.75, 3.05) is 12.4 Å². The first-order chi connectivity index (χ1) is 19.7. The molecular weight excluding hydrogens is 668 g/mol. The van der Waals surface area contributed by atoms with Crippen LogP contribution in [-0.2, 0) is 19.6 Å². The van der Waals surface area contributed by atoms with Crippen LogP contribution in [-0.4, -0.2) is 35.9 Å². The molecule has 0 aliphatic rings. The van der Waals surface area contributed by atoms with Crippen molar-refractivity contribution < 1.29 is 23.1 Å². The van der Waals surface area contributed by atoms with Crippen LogP contribution < -0.4 is 0 Å². The second-order valence-corrected chi connectivity index (χ2v) is 13.5. The van der Waals surface area contributed by atoms with Crippen LogP contribution in [0, 0.1) is 6.57 Å². The van der Waals surface area contributed by atoms with Crippen molar-refractivity contribution in [2.45, 2.75) is 24.2 Å². The Kier molecular flexibility index (Phi) is 10.3. The first kappa shape index (κ1) is 30.8. The molecule has 3 aromatic heterocycles. The lowest BCUT2D eigenvalue weighted by Crippen LogP contribution is -2.14. The fourth-order valence-corrected chi connectivity index (χ4v) is 7.72. The number of ether oxygens (including phenoxy) is 1. The summed E-state index contributed by atoms with van der Waals surface area (Å²) in [5.41, 5.74) is 2.10. The molecule has 0 aliphatic carbocycles. The summed E-state index contributed by atoms with van der Waals surface area (Å²) in [5.74, 6) is -0.168. The zero-order valence-electron chi connectivity index (χ0n) is 21.7. The van der Waals surface area contributed by atoms with Gasteiger partial charge in [-0.3, -0.25) is 4.79 Å². The second kappa shape index (κ2) is 13.7. The maximum Gasteiger partial charge on any atom is 0.305 e. The number of thiophene rings is 2. The van der Waals surface area contributed by atoms with E-state index in [1.807, 2.05) is 29.0 Å². The van der Waals surface area contributed by atoms with Crippen molar-refractivity contribution >= 4 is 82.1 Å². The van der Waals surface area contributed by atoms with Crippen LogP contribution in [0.15, 0.2) is 76.3 Å². The molecular formula is C29H24BrClN2O5S3. The molecule has 12 heteroatoms. The van der Waals surface area contributed by atoms with Gasteiger partial charge in [-0.1, -0.05) is 39.7 Å². The molecule has 0 amide bonds. The molecule has 3 heterocycles. The van der Waals surface area contributed by atoms with Gasteiger partial charge in [-0.15, -0.1) is 11.3 Å². The summed E-state index contributed by atoms with van der Waals surface area (Å²) in [6, 6.07) is 16.1. The highest BCUT2D eigenvalue weighted by Gasteiger charge is 2.30. The molecule has 5 aromatic rings. The molecule has 0 bridgehead atoms. The van der Waals surface area contributed by atoms with E-state index >= 15 is 0 Å². The van der Waals surface area contributed by atoms with Crippen LogP contribution >= 0.6 is 50.2 Å². The molecule has 0 atom stereocenters. The van der Waals surface area contributed by atoms with Gasteiger partial charge in [0.05, 0.1) is 34.7 Å². The number of alkyl halides is 1. The number of carbonyl (C=O) groups is 1. The maximum atomic E-state index is 13.9. The molecule has 0 fully saturated rings. The van der Waals surface area contributed by atoms with Crippen LogP contribution in [0.4, 0.5) is 5.00 Å². The van der Waals surface area contributed by atoms with E-state index in [1.54, 1.807) is 6.07 Å². The van der Waals surface area contributed by atoms with Gasteiger partial charge in [-0.25, -0.2) is 17.2 Å². The molecule has 5 rings (SSSR count). The van der Waals surface area contributed by atoms with Crippen LogP contribution in [0.3, 0.4) is 0 Å². The molecule has 0 aliphatic heterocycles. The van der Waals surface area contributed by atoms with Crippen molar-refractivity contribution in [1.29, 1.82) is 0 Å². The minimum Gasteiger partial charge on any atom is -0.508 e. The highest BCUT2D eigenvalue weighted by Crippen LogP contribution is 2.48. The van der Waals surface area contributed by atoms with Crippen molar-refractivity contribution in [3.63, 3.8) is 0 Å². The quantitative estimate of drug-likeness (QED) is 0.0760. The summed E-state index contributed by atoms with van der Waals surface area (Å²) in [6.07, 6.45) is 2.50. The first-order valence-corrected chi connectivity index (χ1v) is 16.9. The van der Waals surface area contributed by atoms with Crippen molar-refractivity contribution in [2.24, 2.45) is 0 Å². The van der Waals surface area contributed by atoms with E-state index in [1.165, 1.54) is 70.2 Å². The fraction of sp³-hybridized carbons (Fsp3) is 0.172. The summed E-state index contributed by atoms with van der Waals surface area (Å²) < 4.78 is 33.5. The molecule has 0 unspecified atom stereocenters. The number of carbonyl (C=O) groups excluding carboxylic acids is 1. The SMILES string of the molecule is COC(=O)CCCCBr.[C-]#[N+]c1sccc1-c1c(-c2cccs2)n(S(=O)(=O)c2ccc(Cl)cc2)c2cc(O)ccc12. The number of nitrogens with zero attached hydrogens (tertiary/aromatic N) is 2. The molecule has 1 N–H and O–H groups in total. The predicted octanol–water partition coefficient (Wildman–Crippen LogP) is 8.97. The zero-order valence-corrected chi connectivity index (χ0v) is 26.5. The number of aromatic hydroxyl groups is 1. The molecule has 212 valence electrons. The smallest absolute Gasteiger partial charge is 0.305 e. The number of hydrogen-bond acceptors (Lipinski definition) is 7. The Labute approximate surface area is 259 Å². The number of esters is 1. The van der Waals surface area contributed by atoms with Crippen LogP contribution in [0.25, 0.3) is 37.4 Å². The Morgan fingerprint density at radius 3 is 2.49 bits per heavy atom. The number of hydrogen-bond donors (Lipinski definition) is 1. The Balaban J connectivity index is 0.000000374. The monoisotopic (exact) mass is 690 g/mol. The molecule has 7 nitrogen and oxygen atoms in total. The van der Waals surface area contributed by atoms with Gasteiger partial charge in [0, 0.05) is 39.4 Å². The highest BCUT2D eigenvalue weighted by molar-refractivity contribution is 9.09. The van der Waals surface area contributed by atoms with Gasteiger partial charge in [-0.05, 0) is 66.1 Å². The Hall–Kier alpha value is -3.14. The Morgan fingerprint density at radius 1 is 1.10 bits per heavy atom. The number of phenolic OH excluding ortho intramolecular Hbond substituents is 1. The van der Waals surface area contributed by atoms with Gasteiger partial charge < -0.3 is 9.84 Å². The van der Waals surface area contributed by atoms with Gasteiger partial charge in [0.15, 0.2) is 0 Å². The van der Waals surface area contributed by atoms with Crippen molar-refractivity contribution in [3.8, 4) is 27.4 Å². The number of fused-ring (bicyclic) bond motifs is 1. The van der Waals surface area contributed by atoms with Crippen LogP contribution in [0.1, 0.15) is 19.3 Å². The largest absolute Gasteiger partial charge is 0.508 e. The van der Waals surface area contributed by atoms with Crippen molar-refractivity contribution in [3.05, 3.63) is 87.9 Å². The summed E-state index contributed by atoms with van der Waals surface area (Å²) >= 11 is 12.0. The Morgan fingerprint density at radius 2 is 1.85 bits per heavy atom. The third kappa shape index (κ3) is 6.68. The van der Waals surface area contributed by atoms with E-state index < -0.39 is 10.0 Å². The van der Waals surface area contributed by atoms with E-state index in [0.717, 1.165) is 23.0 Å². The van der Waals surface area contributed by atoms with Gasteiger partial charge >= 0.3 is 5.97 Å². The fourth-order valence-electron chi connectivity index (χ4n) is 4.16. The summed E-state index contributed by atoms with van der Waals surface area (Å²) in [5, 5.41) is 16.4. The number of halogens is 2. The summed E-state index contributed by atoms with van der Waals surface area (Å²) in [4.78, 5) is 14.9. The number of benzene rings is 2. The van der Waals surface area contributed by atoms with E-state index in [4.69, 9.17) is 18.2 Å². The number of phenols is 1. The number of rotatable bonds is 8. The molecule has 0 radical (unpaired) electrons. The molecule has 0 saturated carbocycles. The lowest BCUT2D eigenvalue weighted by Gasteiger charge is -2.13. The molecule has 0 spiro atoms. The van der Waals surface area contributed by atoms with Gasteiger partial charge in [0.1, 0.15) is 5.75 Å². The van der Waals surface area contributed by atoms with Crippen LogP contribution in [0.2, 0.25) is 5.02 Å². The average Bonchev–Trinajstić information content (AvgIpc) is 3.72. The minimum absolute atomic E-state index is 0.0532. The lowest BCUT2D eigenvalue weighted by atomic mass is 10.0. The third-order valence-electron chi connectivity index (χ3n) is 6.02. The maximum absolute atomic E-state index is 13.9. The highest BCUT2D eigenvalue weighted by atomic mass is 79.9. The standard InChI is InChI=1S/C23H13ClN2O3S3.C6H11BrO2/c1-25-23-18(10-12-31-23)21-17-9-6-15(27)13-19(17)26(22(21)20-3-2-11-30-20)32(28,29)16-7-4-14(24)5-8-16;1-9-6(8)4-2-3-5-7/h2-13,27H;2-5H2,1H3. The van der Waals surface area contributed by atoms with Gasteiger partial charge in [-0.2, -0.15) is 11.3 Å². The molecule has 0 saturated heterocycles. The third-order valence-corrected chi connectivity index (χ3v) is 10.2. The van der Waals surface area contributed by atoms with E-state index in [9.17, 15) is 18.3 Å². The minimum atomic E-state index is -4.07. The average molecular weight is 692 g/mol. The van der Waals surface area contributed by atoms with Gasteiger partial charge in [0.2, 0.25) is 5.00 Å². The van der Waals surface area contributed by atoms with E-state index in [0.29, 0.717) is 44.2 Å². The first-order valence-electron chi connectivity index (χ1n) is 12.2. The number of aromatic nitrogens is 1. The number of unbranched alkanes of at least 4 members (excludes halogenated alkanes) is 1. The molecule has 2 aromatic carbocycles. The molecule has 41 heavy (non-hydrogen) atoms. The Bertz CT molecular complexity index is 1810. The van der Waals surface area contributed by atoms with Crippen molar-refractivity contribution in [1.82, 2.24) is 3.97 Å². The topological polar surface area (TPSA) is 90.0 Å². The van der Waals surface area contributed by atoms with Crippen LogP contribution in [0.5, 0.6) is 5.75 Å². The van der Waals surface area contributed by atoms with Gasteiger partial charge in [0.25, 0.3) is 10.0 Å².